The van der Waals surface area contributed by atoms with Crippen LogP contribution in [0.1, 0.15) is 28.8 Å². The Morgan fingerprint density at radius 3 is 2.40 bits per heavy atom. The fourth-order valence-corrected chi connectivity index (χ4v) is 6.24. The summed E-state index contributed by atoms with van der Waals surface area (Å²) >= 11 is 1.42. The molecule has 1 aromatic heterocycles. The molecule has 1 aliphatic heterocycles. The quantitative estimate of drug-likeness (QED) is 0.618. The van der Waals surface area contributed by atoms with Crippen molar-refractivity contribution in [2.45, 2.75) is 24.7 Å². The number of benzene rings is 2. The molecule has 0 radical (unpaired) electrons. The Hall–Kier alpha value is -2.49. The number of hydrogen-bond acceptors (Lipinski definition) is 5. The third kappa shape index (κ3) is 3.57. The zero-order valence-electron chi connectivity index (χ0n) is 17.1. The molecule has 0 saturated carbocycles. The van der Waals surface area contributed by atoms with Gasteiger partial charge in [-0.25, -0.2) is 8.42 Å². The van der Waals surface area contributed by atoms with Crippen LogP contribution in [0.3, 0.4) is 0 Å². The van der Waals surface area contributed by atoms with Crippen molar-refractivity contribution in [3.05, 3.63) is 52.3 Å². The molecule has 1 fully saturated rings. The summed E-state index contributed by atoms with van der Waals surface area (Å²) in [5.41, 5.74) is 2.31. The summed E-state index contributed by atoms with van der Waals surface area (Å²) in [6, 6.07) is 9.88. The first-order valence-corrected chi connectivity index (χ1v) is 11.9. The van der Waals surface area contributed by atoms with Gasteiger partial charge in [0.05, 0.1) is 16.7 Å². The van der Waals surface area contributed by atoms with Gasteiger partial charge in [0.2, 0.25) is 10.0 Å². The van der Waals surface area contributed by atoms with E-state index >= 15 is 0 Å². The molecular formula is C21H23N3O4S2. The van der Waals surface area contributed by atoms with Gasteiger partial charge in [-0.05, 0) is 55.7 Å². The van der Waals surface area contributed by atoms with Crippen LogP contribution in [0.4, 0.5) is 0 Å². The van der Waals surface area contributed by atoms with Crippen LogP contribution in [-0.4, -0.2) is 43.4 Å². The summed E-state index contributed by atoms with van der Waals surface area (Å²) in [7, 11) is -0.0426. The molecule has 0 bridgehead atoms. The van der Waals surface area contributed by atoms with E-state index in [2.05, 4.69) is 4.99 Å². The molecule has 2 aromatic carbocycles. The van der Waals surface area contributed by atoms with E-state index in [1.807, 2.05) is 30.7 Å². The minimum atomic E-state index is -3.50. The molecule has 7 nitrogen and oxygen atoms in total. The molecule has 0 unspecified atom stereocenters. The number of amides is 1. The van der Waals surface area contributed by atoms with E-state index in [0.717, 1.165) is 34.4 Å². The molecule has 0 N–H and O–H groups in total. The fraction of sp³-hybridized carbons (Fsp3) is 0.333. The Balaban J connectivity index is 1.68. The number of methoxy groups -OCH3 is 1. The van der Waals surface area contributed by atoms with Crippen molar-refractivity contribution >= 4 is 37.5 Å². The second-order valence-electron chi connectivity index (χ2n) is 7.26. The smallest absolute Gasteiger partial charge is 0.279 e. The van der Waals surface area contributed by atoms with Gasteiger partial charge in [-0.2, -0.15) is 9.30 Å². The van der Waals surface area contributed by atoms with Crippen LogP contribution >= 0.6 is 11.3 Å². The van der Waals surface area contributed by atoms with Gasteiger partial charge in [0.15, 0.2) is 4.80 Å². The Kier molecular flexibility index (Phi) is 5.52. The largest absolute Gasteiger partial charge is 0.495 e. The summed E-state index contributed by atoms with van der Waals surface area (Å²) in [6.45, 7) is 3.09. The lowest BCUT2D eigenvalue weighted by molar-refractivity contribution is 0.0998. The second-order valence-corrected chi connectivity index (χ2v) is 10.2. The lowest BCUT2D eigenvalue weighted by Crippen LogP contribution is -2.27. The third-order valence-corrected chi connectivity index (χ3v) is 8.51. The van der Waals surface area contributed by atoms with E-state index in [4.69, 9.17) is 4.74 Å². The Morgan fingerprint density at radius 2 is 1.77 bits per heavy atom. The number of carbonyl (C=O) groups excluding carboxylic acids is 1. The average Bonchev–Trinajstić information content (AvgIpc) is 3.39. The maximum atomic E-state index is 12.7. The molecule has 0 atom stereocenters. The average molecular weight is 446 g/mol. The lowest BCUT2D eigenvalue weighted by atomic mass is 10.2. The van der Waals surface area contributed by atoms with Gasteiger partial charge in [0, 0.05) is 25.7 Å². The second kappa shape index (κ2) is 7.98. The number of rotatable bonds is 4. The number of thiazole rings is 1. The molecule has 30 heavy (non-hydrogen) atoms. The first kappa shape index (κ1) is 20.8. The van der Waals surface area contributed by atoms with E-state index in [-0.39, 0.29) is 4.90 Å². The molecule has 3 aromatic rings. The molecule has 0 spiro atoms. The predicted octanol–water partition coefficient (Wildman–Crippen LogP) is 3.08. The normalized spacial score (nSPS) is 15.8. The highest BCUT2D eigenvalue weighted by atomic mass is 32.2. The predicted molar refractivity (Wildman–Crippen MR) is 116 cm³/mol. The summed E-state index contributed by atoms with van der Waals surface area (Å²) < 4.78 is 35.1. The molecule has 0 aliphatic carbocycles. The van der Waals surface area contributed by atoms with Crippen LogP contribution in [0.2, 0.25) is 0 Å². The number of carbonyl (C=O) groups is 1. The topological polar surface area (TPSA) is 81.0 Å². The van der Waals surface area contributed by atoms with Crippen LogP contribution < -0.4 is 9.54 Å². The SMILES string of the molecule is COc1ccc(C)c2sc(=NC(=O)c3ccc(S(=O)(=O)N4CCCC4)cc3)n(C)c12. The molecule has 1 aliphatic rings. The minimum Gasteiger partial charge on any atom is -0.495 e. The lowest BCUT2D eigenvalue weighted by Gasteiger charge is -2.15. The maximum absolute atomic E-state index is 12.7. The monoisotopic (exact) mass is 445 g/mol. The van der Waals surface area contributed by atoms with E-state index in [9.17, 15) is 13.2 Å². The van der Waals surface area contributed by atoms with Crippen molar-refractivity contribution < 1.29 is 17.9 Å². The molecule has 1 saturated heterocycles. The summed E-state index contributed by atoms with van der Waals surface area (Å²) in [4.78, 5) is 17.8. The Bertz CT molecular complexity index is 1280. The van der Waals surface area contributed by atoms with Gasteiger partial charge in [-0.1, -0.05) is 17.4 Å². The maximum Gasteiger partial charge on any atom is 0.279 e. The number of hydrogen-bond donors (Lipinski definition) is 0. The molecule has 4 rings (SSSR count). The summed E-state index contributed by atoms with van der Waals surface area (Å²) in [6.07, 6.45) is 1.76. The number of nitrogens with zero attached hydrogens (tertiary/aromatic N) is 3. The zero-order chi connectivity index (χ0) is 21.5. The molecule has 9 heteroatoms. The first-order chi connectivity index (χ1) is 14.3. The Morgan fingerprint density at radius 1 is 1.10 bits per heavy atom. The number of aromatic nitrogens is 1. The van der Waals surface area contributed by atoms with Crippen LogP contribution in [0.15, 0.2) is 46.3 Å². The van der Waals surface area contributed by atoms with Crippen molar-refractivity contribution in [3.63, 3.8) is 0 Å². The van der Waals surface area contributed by atoms with Gasteiger partial charge in [-0.15, -0.1) is 0 Å². The summed E-state index contributed by atoms with van der Waals surface area (Å²) in [5.74, 6) is 0.304. The van der Waals surface area contributed by atoms with Crippen LogP contribution in [0.25, 0.3) is 10.2 Å². The van der Waals surface area contributed by atoms with Crippen molar-refractivity contribution in [2.75, 3.05) is 20.2 Å². The van der Waals surface area contributed by atoms with E-state index < -0.39 is 15.9 Å². The highest BCUT2D eigenvalue weighted by molar-refractivity contribution is 7.89. The number of aryl methyl sites for hydroxylation is 2. The molecular weight excluding hydrogens is 422 g/mol. The van der Waals surface area contributed by atoms with Crippen molar-refractivity contribution in [1.29, 1.82) is 0 Å². The highest BCUT2D eigenvalue weighted by Gasteiger charge is 2.27. The standard InChI is InChI=1S/C21H23N3O4S2/c1-14-6-11-17(28-3)18-19(14)29-21(23(18)2)22-20(25)15-7-9-16(10-8-15)30(26,27)24-12-4-5-13-24/h6-11H,4-5,12-13H2,1-3H3. The molecule has 158 valence electrons. The molecule has 1 amide bonds. The van der Waals surface area contributed by atoms with Crippen molar-refractivity contribution in [1.82, 2.24) is 8.87 Å². The first-order valence-electron chi connectivity index (χ1n) is 9.65. The number of fused-ring (bicyclic) bond motifs is 1. The van der Waals surface area contributed by atoms with Crippen LogP contribution in [0.5, 0.6) is 5.75 Å². The Labute approximate surface area is 179 Å². The van der Waals surface area contributed by atoms with E-state index in [1.165, 1.54) is 39.9 Å². The number of sulfonamides is 1. The fourth-order valence-electron chi connectivity index (χ4n) is 3.62. The van der Waals surface area contributed by atoms with E-state index in [0.29, 0.717) is 23.5 Å². The highest BCUT2D eigenvalue weighted by Crippen LogP contribution is 2.29. The van der Waals surface area contributed by atoms with Crippen LogP contribution in [0, 0.1) is 6.92 Å². The molecule has 2 heterocycles. The van der Waals surface area contributed by atoms with Crippen LogP contribution in [-0.2, 0) is 17.1 Å². The summed E-state index contributed by atoms with van der Waals surface area (Å²) in [5, 5.41) is 0. The van der Waals surface area contributed by atoms with Gasteiger partial charge in [0.25, 0.3) is 5.91 Å². The number of ether oxygens (including phenoxy) is 1. The zero-order valence-corrected chi connectivity index (χ0v) is 18.7. The van der Waals surface area contributed by atoms with Gasteiger partial charge < -0.3 is 9.30 Å². The van der Waals surface area contributed by atoms with Gasteiger partial charge in [0.1, 0.15) is 11.3 Å². The third-order valence-electron chi connectivity index (χ3n) is 5.33. The van der Waals surface area contributed by atoms with Crippen molar-refractivity contribution in [2.24, 2.45) is 12.0 Å². The minimum absolute atomic E-state index is 0.203. The van der Waals surface area contributed by atoms with E-state index in [1.54, 1.807) is 7.11 Å². The van der Waals surface area contributed by atoms with Gasteiger partial charge in [-0.3, -0.25) is 4.79 Å². The van der Waals surface area contributed by atoms with Crippen molar-refractivity contribution in [3.8, 4) is 5.75 Å². The van der Waals surface area contributed by atoms with Gasteiger partial charge >= 0.3 is 0 Å².